The first-order valence-corrected chi connectivity index (χ1v) is 6.15. The van der Waals surface area contributed by atoms with Crippen LogP contribution in [0.4, 0.5) is 0 Å². The van der Waals surface area contributed by atoms with Gasteiger partial charge in [0, 0.05) is 38.1 Å². The van der Waals surface area contributed by atoms with Gasteiger partial charge in [-0.3, -0.25) is 4.79 Å². The number of piperidine rings is 1. The van der Waals surface area contributed by atoms with Gasteiger partial charge in [0.15, 0.2) is 0 Å². The fourth-order valence-electron chi connectivity index (χ4n) is 2.70. The zero-order chi connectivity index (χ0) is 11.4. The molecule has 0 aliphatic carbocycles. The number of carbonyl (C=O) groups excluding carboxylic acids is 1. The van der Waals surface area contributed by atoms with E-state index in [9.17, 15) is 4.79 Å². The Morgan fingerprint density at radius 1 is 1.38 bits per heavy atom. The van der Waals surface area contributed by atoms with Crippen molar-refractivity contribution >= 4 is 5.78 Å². The number of ketones is 1. The number of hydrogen-bond donors (Lipinski definition) is 1. The Morgan fingerprint density at radius 2 is 2.06 bits per heavy atom. The van der Waals surface area contributed by atoms with Gasteiger partial charge in [-0.25, -0.2) is 0 Å². The molecule has 0 spiro atoms. The molecule has 0 saturated carbocycles. The predicted octanol–water partition coefficient (Wildman–Crippen LogP) is 0.749. The highest BCUT2D eigenvalue weighted by atomic mass is 16.5. The van der Waals surface area contributed by atoms with Crippen molar-refractivity contribution in [2.75, 3.05) is 26.9 Å². The minimum absolute atomic E-state index is 0.247. The molecule has 2 aliphatic rings. The van der Waals surface area contributed by atoms with Crippen LogP contribution in [0, 0.1) is 5.92 Å². The third-order valence-electron chi connectivity index (χ3n) is 3.47. The van der Waals surface area contributed by atoms with Crippen molar-refractivity contribution < 1.29 is 14.3 Å². The van der Waals surface area contributed by atoms with Crippen molar-refractivity contribution in [3.63, 3.8) is 0 Å². The lowest BCUT2D eigenvalue weighted by Crippen LogP contribution is -2.55. The van der Waals surface area contributed by atoms with Gasteiger partial charge in [0.2, 0.25) is 0 Å². The van der Waals surface area contributed by atoms with Crippen molar-refractivity contribution in [2.45, 2.75) is 37.8 Å². The summed E-state index contributed by atoms with van der Waals surface area (Å²) in [5.74, 6) is 0.660. The Hall–Kier alpha value is -0.450. The summed E-state index contributed by atoms with van der Waals surface area (Å²) in [5.41, 5.74) is 0. The molecule has 2 bridgehead atoms. The van der Waals surface area contributed by atoms with E-state index in [1.807, 2.05) is 0 Å². The molecule has 92 valence electrons. The molecular weight excluding hydrogens is 206 g/mol. The number of morpholine rings is 1. The second-order valence-corrected chi connectivity index (χ2v) is 4.83. The van der Waals surface area contributed by atoms with E-state index in [2.05, 4.69) is 5.32 Å². The van der Waals surface area contributed by atoms with Crippen LogP contribution in [0.15, 0.2) is 0 Å². The normalized spacial score (nSPS) is 33.7. The summed E-state index contributed by atoms with van der Waals surface area (Å²) in [6.45, 7) is 2.21. The van der Waals surface area contributed by atoms with Crippen molar-refractivity contribution in [2.24, 2.45) is 5.92 Å². The minimum atomic E-state index is 0.247. The van der Waals surface area contributed by atoms with E-state index in [-0.39, 0.29) is 5.92 Å². The average Bonchev–Trinajstić information content (AvgIpc) is 2.28. The van der Waals surface area contributed by atoms with E-state index in [4.69, 9.17) is 9.47 Å². The highest BCUT2D eigenvalue weighted by Gasteiger charge is 2.34. The monoisotopic (exact) mass is 227 g/mol. The van der Waals surface area contributed by atoms with Crippen LogP contribution in [0.1, 0.15) is 25.7 Å². The lowest BCUT2D eigenvalue weighted by molar-refractivity contribution is -0.126. The summed E-state index contributed by atoms with van der Waals surface area (Å²) in [7, 11) is 1.68. The van der Waals surface area contributed by atoms with Crippen LogP contribution in [0.2, 0.25) is 0 Å². The molecule has 0 aromatic rings. The minimum Gasteiger partial charge on any atom is -0.385 e. The van der Waals surface area contributed by atoms with E-state index in [1.54, 1.807) is 7.11 Å². The largest absolute Gasteiger partial charge is 0.385 e. The molecule has 16 heavy (non-hydrogen) atoms. The number of ether oxygens (including phenoxy) is 2. The second-order valence-electron chi connectivity index (χ2n) is 4.83. The number of fused-ring (bicyclic) bond motifs is 2. The lowest BCUT2D eigenvalue weighted by Gasteiger charge is -2.39. The predicted molar refractivity (Wildman–Crippen MR) is 60.4 cm³/mol. The fraction of sp³-hybridized carbons (Fsp3) is 0.917. The van der Waals surface area contributed by atoms with Crippen LogP contribution in [-0.4, -0.2) is 44.8 Å². The van der Waals surface area contributed by atoms with Crippen LogP contribution in [-0.2, 0) is 14.3 Å². The van der Waals surface area contributed by atoms with E-state index in [1.165, 1.54) is 0 Å². The Kier molecular flexibility index (Phi) is 4.32. The molecule has 2 fully saturated rings. The number of methoxy groups -OCH3 is 1. The Balaban J connectivity index is 1.78. The van der Waals surface area contributed by atoms with E-state index < -0.39 is 0 Å². The van der Waals surface area contributed by atoms with Crippen molar-refractivity contribution in [1.82, 2.24) is 5.32 Å². The van der Waals surface area contributed by atoms with Crippen LogP contribution in [0.25, 0.3) is 0 Å². The van der Waals surface area contributed by atoms with E-state index in [0.29, 0.717) is 30.9 Å². The van der Waals surface area contributed by atoms with Gasteiger partial charge >= 0.3 is 0 Å². The zero-order valence-electron chi connectivity index (χ0n) is 9.91. The third kappa shape index (κ3) is 3.03. The average molecular weight is 227 g/mol. The number of rotatable bonds is 5. The van der Waals surface area contributed by atoms with Gasteiger partial charge in [0.25, 0.3) is 0 Å². The summed E-state index contributed by atoms with van der Waals surface area (Å²) < 4.78 is 10.4. The van der Waals surface area contributed by atoms with Gasteiger partial charge < -0.3 is 14.8 Å². The number of Topliss-reactive ketones (excluding diaryl/α,β-unsaturated/α-hetero) is 1. The first-order valence-electron chi connectivity index (χ1n) is 6.15. The summed E-state index contributed by atoms with van der Waals surface area (Å²) >= 11 is 0. The van der Waals surface area contributed by atoms with Gasteiger partial charge in [0.05, 0.1) is 13.2 Å². The molecule has 0 amide bonds. The van der Waals surface area contributed by atoms with Crippen LogP contribution < -0.4 is 5.32 Å². The molecule has 0 aromatic carbocycles. The van der Waals surface area contributed by atoms with Crippen LogP contribution in [0.5, 0.6) is 0 Å². The summed E-state index contributed by atoms with van der Waals surface area (Å²) in [6.07, 6.45) is 3.41. The van der Waals surface area contributed by atoms with Crippen LogP contribution in [0.3, 0.4) is 0 Å². The third-order valence-corrected chi connectivity index (χ3v) is 3.47. The van der Waals surface area contributed by atoms with Crippen molar-refractivity contribution in [3.8, 4) is 0 Å². The molecule has 1 N–H and O–H groups in total. The summed E-state index contributed by atoms with van der Waals surface area (Å²) in [4.78, 5) is 12.0. The van der Waals surface area contributed by atoms with Gasteiger partial charge in [0.1, 0.15) is 5.78 Å². The number of nitrogens with one attached hydrogen (secondary N) is 1. The molecule has 2 saturated heterocycles. The second kappa shape index (κ2) is 5.75. The maximum Gasteiger partial charge on any atom is 0.136 e. The number of hydrogen-bond acceptors (Lipinski definition) is 4. The molecule has 2 unspecified atom stereocenters. The zero-order valence-corrected chi connectivity index (χ0v) is 9.91. The SMILES string of the molecule is COCCCC(=O)C1CC2COCC(C1)N2. The molecule has 0 radical (unpaired) electrons. The first kappa shape index (κ1) is 12.0. The highest BCUT2D eigenvalue weighted by molar-refractivity contribution is 5.81. The highest BCUT2D eigenvalue weighted by Crippen LogP contribution is 2.25. The Bertz CT molecular complexity index is 232. The Labute approximate surface area is 96.7 Å². The molecule has 2 aliphatic heterocycles. The van der Waals surface area contributed by atoms with Crippen molar-refractivity contribution in [1.29, 1.82) is 0 Å². The molecule has 2 rings (SSSR count). The fourth-order valence-corrected chi connectivity index (χ4v) is 2.70. The maximum atomic E-state index is 12.0. The van der Waals surface area contributed by atoms with Gasteiger partial charge in [-0.05, 0) is 19.3 Å². The van der Waals surface area contributed by atoms with E-state index in [0.717, 1.165) is 32.5 Å². The molecule has 2 atom stereocenters. The quantitative estimate of drug-likeness (QED) is 0.704. The van der Waals surface area contributed by atoms with Gasteiger partial charge in [-0.15, -0.1) is 0 Å². The van der Waals surface area contributed by atoms with Gasteiger partial charge in [-0.2, -0.15) is 0 Å². The van der Waals surface area contributed by atoms with Crippen LogP contribution >= 0.6 is 0 Å². The summed E-state index contributed by atoms with van der Waals surface area (Å²) in [6, 6.07) is 0.785. The van der Waals surface area contributed by atoms with E-state index >= 15 is 0 Å². The standard InChI is InChI=1S/C12H21NO3/c1-15-4-2-3-12(14)9-5-10-7-16-8-11(6-9)13-10/h9-11,13H,2-8H2,1H3. The summed E-state index contributed by atoms with van der Waals surface area (Å²) in [5, 5.41) is 3.50. The maximum absolute atomic E-state index is 12.0. The van der Waals surface area contributed by atoms with Gasteiger partial charge in [-0.1, -0.05) is 0 Å². The molecule has 0 aromatic heterocycles. The molecular formula is C12H21NO3. The topological polar surface area (TPSA) is 47.6 Å². The number of carbonyl (C=O) groups is 1. The first-order chi connectivity index (χ1) is 7.79. The Morgan fingerprint density at radius 3 is 2.69 bits per heavy atom. The molecule has 4 heteroatoms. The molecule has 2 heterocycles. The molecule has 4 nitrogen and oxygen atoms in total. The lowest BCUT2D eigenvalue weighted by atomic mass is 9.83. The van der Waals surface area contributed by atoms with Crippen molar-refractivity contribution in [3.05, 3.63) is 0 Å². The smallest absolute Gasteiger partial charge is 0.136 e.